The molecule has 2 rings (SSSR count). The minimum absolute atomic E-state index is 0.203. The summed E-state index contributed by atoms with van der Waals surface area (Å²) in [4.78, 5) is 0. The van der Waals surface area contributed by atoms with E-state index in [2.05, 4.69) is 5.32 Å². The molecule has 0 bridgehead atoms. The Morgan fingerprint density at radius 2 is 2.07 bits per heavy atom. The highest BCUT2D eigenvalue weighted by molar-refractivity contribution is 5.44. The Bertz CT molecular complexity index is 299. The van der Waals surface area contributed by atoms with Gasteiger partial charge in [0.25, 0.3) is 0 Å². The molecule has 2 atom stereocenters. The molecule has 0 aromatic heterocycles. The van der Waals surface area contributed by atoms with Crippen LogP contribution in [0.4, 0.5) is 10.1 Å². The molecule has 1 heterocycles. The van der Waals surface area contributed by atoms with Gasteiger partial charge < -0.3 is 10.1 Å². The van der Waals surface area contributed by atoms with E-state index in [0.29, 0.717) is 6.04 Å². The van der Waals surface area contributed by atoms with E-state index in [9.17, 15) is 4.39 Å². The molecule has 0 aliphatic carbocycles. The molecule has 1 saturated heterocycles. The maximum Gasteiger partial charge on any atom is 0.123 e. The first-order valence-corrected chi connectivity index (χ1v) is 4.89. The van der Waals surface area contributed by atoms with E-state index in [1.165, 1.54) is 12.1 Å². The summed E-state index contributed by atoms with van der Waals surface area (Å²) in [6.45, 7) is 2.86. The molecule has 1 fully saturated rings. The highest BCUT2D eigenvalue weighted by Crippen LogP contribution is 2.18. The zero-order valence-electron chi connectivity index (χ0n) is 8.16. The smallest absolute Gasteiger partial charge is 0.123 e. The number of hydrogen-bond donors (Lipinski definition) is 1. The Morgan fingerprint density at radius 1 is 1.36 bits per heavy atom. The summed E-state index contributed by atoms with van der Waals surface area (Å²) in [5.74, 6) is -0.203. The molecule has 0 spiro atoms. The summed E-state index contributed by atoms with van der Waals surface area (Å²) in [7, 11) is 0. The second-order valence-corrected chi connectivity index (χ2v) is 3.62. The fraction of sp³-hybridized carbons (Fsp3) is 0.455. The predicted octanol–water partition coefficient (Wildman–Crippen LogP) is 2.42. The molecule has 0 amide bonds. The quantitative estimate of drug-likeness (QED) is 0.782. The number of anilines is 1. The molecule has 1 aliphatic rings. The maximum absolute atomic E-state index is 12.6. The van der Waals surface area contributed by atoms with Gasteiger partial charge in [0.1, 0.15) is 5.82 Å². The van der Waals surface area contributed by atoms with Gasteiger partial charge in [0.05, 0.1) is 12.1 Å². The van der Waals surface area contributed by atoms with Crippen LogP contribution in [0.15, 0.2) is 24.3 Å². The van der Waals surface area contributed by atoms with Crippen molar-refractivity contribution < 1.29 is 9.13 Å². The van der Waals surface area contributed by atoms with Gasteiger partial charge in [-0.05, 0) is 37.6 Å². The van der Waals surface area contributed by atoms with Crippen molar-refractivity contribution in [2.75, 3.05) is 11.9 Å². The molecule has 14 heavy (non-hydrogen) atoms. The van der Waals surface area contributed by atoms with Gasteiger partial charge in [-0.1, -0.05) is 0 Å². The van der Waals surface area contributed by atoms with Gasteiger partial charge >= 0.3 is 0 Å². The minimum Gasteiger partial charge on any atom is -0.380 e. The van der Waals surface area contributed by atoms with Gasteiger partial charge in [0, 0.05) is 12.3 Å². The number of halogens is 1. The molecule has 0 unspecified atom stereocenters. The topological polar surface area (TPSA) is 21.3 Å². The van der Waals surface area contributed by atoms with E-state index >= 15 is 0 Å². The predicted molar refractivity (Wildman–Crippen MR) is 53.8 cm³/mol. The van der Waals surface area contributed by atoms with Crippen LogP contribution in [-0.2, 0) is 4.74 Å². The van der Waals surface area contributed by atoms with E-state index in [-0.39, 0.29) is 11.9 Å². The molecule has 1 aliphatic heterocycles. The van der Waals surface area contributed by atoms with Gasteiger partial charge in [0.2, 0.25) is 0 Å². The van der Waals surface area contributed by atoms with E-state index in [1.807, 2.05) is 6.92 Å². The van der Waals surface area contributed by atoms with Gasteiger partial charge in [0.15, 0.2) is 0 Å². The molecule has 0 radical (unpaired) electrons. The Kier molecular flexibility index (Phi) is 2.68. The molecule has 2 nitrogen and oxygen atoms in total. The van der Waals surface area contributed by atoms with Gasteiger partial charge in [-0.3, -0.25) is 0 Å². The maximum atomic E-state index is 12.6. The average Bonchev–Trinajstić information content (AvgIpc) is 2.56. The Morgan fingerprint density at radius 3 is 2.64 bits per heavy atom. The van der Waals surface area contributed by atoms with E-state index in [0.717, 1.165) is 18.7 Å². The monoisotopic (exact) mass is 195 g/mol. The summed E-state index contributed by atoms with van der Waals surface area (Å²) in [5, 5.41) is 3.33. The molecule has 0 saturated carbocycles. The average molecular weight is 195 g/mol. The third-order valence-corrected chi connectivity index (χ3v) is 2.57. The third kappa shape index (κ3) is 2.04. The van der Waals surface area contributed by atoms with Crippen molar-refractivity contribution in [2.45, 2.75) is 25.5 Å². The molecular formula is C11H14FNO. The van der Waals surface area contributed by atoms with Crippen LogP contribution in [0, 0.1) is 5.82 Å². The van der Waals surface area contributed by atoms with Crippen molar-refractivity contribution in [2.24, 2.45) is 0 Å². The molecular weight excluding hydrogens is 181 g/mol. The number of benzene rings is 1. The summed E-state index contributed by atoms with van der Waals surface area (Å²) >= 11 is 0. The minimum atomic E-state index is -0.203. The third-order valence-electron chi connectivity index (χ3n) is 2.57. The first-order valence-electron chi connectivity index (χ1n) is 4.89. The fourth-order valence-corrected chi connectivity index (χ4v) is 1.68. The number of nitrogens with one attached hydrogen (secondary N) is 1. The van der Waals surface area contributed by atoms with E-state index in [4.69, 9.17) is 4.74 Å². The summed E-state index contributed by atoms with van der Waals surface area (Å²) in [6.07, 6.45) is 1.25. The molecule has 1 N–H and O–H groups in total. The molecule has 3 heteroatoms. The Hall–Kier alpha value is -1.09. The van der Waals surface area contributed by atoms with E-state index < -0.39 is 0 Å². The van der Waals surface area contributed by atoms with E-state index in [1.54, 1.807) is 12.1 Å². The van der Waals surface area contributed by atoms with Crippen LogP contribution >= 0.6 is 0 Å². The largest absolute Gasteiger partial charge is 0.380 e. The van der Waals surface area contributed by atoms with Crippen LogP contribution in [0.2, 0.25) is 0 Å². The van der Waals surface area contributed by atoms with Crippen LogP contribution in [0.1, 0.15) is 13.3 Å². The van der Waals surface area contributed by atoms with Crippen molar-refractivity contribution in [3.8, 4) is 0 Å². The second kappa shape index (κ2) is 3.96. The standard InChI is InChI=1S/C11H14FNO/c1-8-11(6-7-14-8)13-10-4-2-9(12)3-5-10/h2-5,8,11,13H,6-7H2,1H3/t8-,11+/m1/s1. The van der Waals surface area contributed by atoms with Crippen LogP contribution in [0.25, 0.3) is 0 Å². The van der Waals surface area contributed by atoms with Gasteiger partial charge in [-0.25, -0.2) is 4.39 Å². The normalized spacial score (nSPS) is 26.4. The highest BCUT2D eigenvalue weighted by atomic mass is 19.1. The zero-order valence-corrected chi connectivity index (χ0v) is 8.16. The molecule has 1 aromatic carbocycles. The number of ether oxygens (including phenoxy) is 1. The summed E-state index contributed by atoms with van der Waals surface area (Å²) in [5.41, 5.74) is 0.953. The van der Waals surface area contributed by atoms with Crippen LogP contribution in [0.5, 0.6) is 0 Å². The van der Waals surface area contributed by atoms with Crippen LogP contribution in [-0.4, -0.2) is 18.8 Å². The van der Waals surface area contributed by atoms with Crippen LogP contribution < -0.4 is 5.32 Å². The first kappa shape index (κ1) is 9.46. The van der Waals surface area contributed by atoms with Crippen molar-refractivity contribution in [3.63, 3.8) is 0 Å². The Balaban J connectivity index is 2.00. The van der Waals surface area contributed by atoms with Crippen molar-refractivity contribution in [3.05, 3.63) is 30.1 Å². The number of hydrogen-bond acceptors (Lipinski definition) is 2. The first-order chi connectivity index (χ1) is 6.75. The van der Waals surface area contributed by atoms with Gasteiger partial charge in [-0.2, -0.15) is 0 Å². The van der Waals surface area contributed by atoms with Crippen molar-refractivity contribution >= 4 is 5.69 Å². The van der Waals surface area contributed by atoms with Crippen molar-refractivity contribution in [1.29, 1.82) is 0 Å². The molecule has 76 valence electrons. The van der Waals surface area contributed by atoms with Gasteiger partial charge in [-0.15, -0.1) is 0 Å². The lowest BCUT2D eigenvalue weighted by atomic mass is 10.1. The lowest BCUT2D eigenvalue weighted by Crippen LogP contribution is -2.26. The summed E-state index contributed by atoms with van der Waals surface area (Å²) in [6, 6.07) is 6.77. The molecule has 1 aromatic rings. The fourth-order valence-electron chi connectivity index (χ4n) is 1.68. The lowest BCUT2D eigenvalue weighted by Gasteiger charge is -2.17. The number of rotatable bonds is 2. The van der Waals surface area contributed by atoms with Crippen molar-refractivity contribution in [1.82, 2.24) is 0 Å². The second-order valence-electron chi connectivity index (χ2n) is 3.62. The SMILES string of the molecule is C[C@H]1OCC[C@@H]1Nc1ccc(F)cc1. The lowest BCUT2D eigenvalue weighted by molar-refractivity contribution is 0.121. The van der Waals surface area contributed by atoms with Crippen LogP contribution in [0.3, 0.4) is 0 Å². The highest BCUT2D eigenvalue weighted by Gasteiger charge is 2.23. The summed E-state index contributed by atoms with van der Waals surface area (Å²) < 4.78 is 18.0. The Labute approximate surface area is 83.1 Å². The zero-order chi connectivity index (χ0) is 9.97.